The van der Waals surface area contributed by atoms with Crippen LogP contribution in [0.3, 0.4) is 0 Å². The third-order valence-corrected chi connectivity index (χ3v) is 4.25. The Kier molecular flexibility index (Phi) is 5.17. The molecule has 0 spiro atoms. The molecule has 0 unspecified atom stereocenters. The van der Waals surface area contributed by atoms with Gasteiger partial charge in [-0.1, -0.05) is 54.6 Å². The first kappa shape index (κ1) is 17.5. The predicted octanol–water partition coefficient (Wildman–Crippen LogP) is 3.27. The highest BCUT2D eigenvalue weighted by atomic mass is 16.5. The molecule has 0 aromatic heterocycles. The minimum absolute atomic E-state index is 0.135. The molecule has 2 N–H and O–H groups in total. The minimum Gasteiger partial charge on any atom is -0.496 e. The molecule has 0 saturated heterocycles. The third kappa shape index (κ3) is 3.67. The molecule has 0 aliphatic rings. The second-order valence-electron chi connectivity index (χ2n) is 5.91. The quantitative estimate of drug-likeness (QED) is 0.716. The van der Waals surface area contributed by atoms with E-state index in [1.54, 1.807) is 24.3 Å². The average Bonchev–Trinajstić information content (AvgIpc) is 2.67. The molecular weight excluding hydrogens is 330 g/mol. The van der Waals surface area contributed by atoms with E-state index in [1.165, 1.54) is 7.11 Å². The number of methoxy groups -OCH3 is 1. The van der Waals surface area contributed by atoms with E-state index in [9.17, 15) is 14.7 Å². The van der Waals surface area contributed by atoms with Gasteiger partial charge < -0.3 is 15.2 Å². The molecule has 1 amide bonds. The van der Waals surface area contributed by atoms with E-state index in [2.05, 4.69) is 5.32 Å². The van der Waals surface area contributed by atoms with Gasteiger partial charge in [0, 0.05) is 12.0 Å². The minimum atomic E-state index is -1.09. The Balaban J connectivity index is 1.86. The zero-order valence-corrected chi connectivity index (χ0v) is 14.3. The van der Waals surface area contributed by atoms with Crippen molar-refractivity contribution in [2.75, 3.05) is 7.11 Å². The predicted molar refractivity (Wildman–Crippen MR) is 99.5 cm³/mol. The number of hydrogen-bond donors (Lipinski definition) is 2. The number of carboxylic acid groups (broad SMARTS) is 1. The van der Waals surface area contributed by atoms with Crippen LogP contribution < -0.4 is 10.1 Å². The van der Waals surface area contributed by atoms with Gasteiger partial charge in [-0.25, -0.2) is 4.79 Å². The highest BCUT2D eigenvalue weighted by Gasteiger charge is 2.23. The summed E-state index contributed by atoms with van der Waals surface area (Å²) in [7, 11) is 1.53. The Morgan fingerprint density at radius 3 is 2.46 bits per heavy atom. The topological polar surface area (TPSA) is 75.6 Å². The lowest BCUT2D eigenvalue weighted by Gasteiger charge is -2.17. The Morgan fingerprint density at radius 2 is 1.69 bits per heavy atom. The number of fused-ring (bicyclic) bond motifs is 1. The van der Waals surface area contributed by atoms with Crippen molar-refractivity contribution in [3.8, 4) is 5.75 Å². The normalized spacial score (nSPS) is 11.7. The van der Waals surface area contributed by atoms with E-state index in [4.69, 9.17) is 4.74 Å². The van der Waals surface area contributed by atoms with Crippen molar-refractivity contribution in [1.82, 2.24) is 5.32 Å². The number of nitrogens with one attached hydrogen (secondary N) is 1. The van der Waals surface area contributed by atoms with Gasteiger partial charge in [-0.3, -0.25) is 4.79 Å². The maximum absolute atomic E-state index is 12.7. The summed E-state index contributed by atoms with van der Waals surface area (Å²) in [5, 5.41) is 13.9. The van der Waals surface area contributed by atoms with Gasteiger partial charge in [0.1, 0.15) is 11.8 Å². The van der Waals surface area contributed by atoms with E-state index >= 15 is 0 Å². The van der Waals surface area contributed by atoms with Crippen molar-refractivity contribution in [3.63, 3.8) is 0 Å². The molecule has 0 aliphatic carbocycles. The summed E-state index contributed by atoms with van der Waals surface area (Å²) in [4.78, 5) is 24.4. The molecule has 0 aliphatic heterocycles. The standard InChI is InChI=1S/C21H19NO4/c1-26-19-12-5-3-8-15(19)13-18(21(24)25)22-20(23)17-11-6-9-14-7-2-4-10-16(14)17/h2-12,18H,13H2,1H3,(H,22,23)(H,24,25)/t18-/m0/s1. The van der Waals surface area contributed by atoms with Crippen LogP contribution in [0.15, 0.2) is 66.7 Å². The number of aliphatic carboxylic acids is 1. The maximum Gasteiger partial charge on any atom is 0.326 e. The molecule has 0 bridgehead atoms. The molecule has 0 saturated carbocycles. The van der Waals surface area contributed by atoms with Crippen LogP contribution in [0.1, 0.15) is 15.9 Å². The molecule has 0 radical (unpaired) electrons. The van der Waals surface area contributed by atoms with E-state index in [0.29, 0.717) is 11.3 Å². The number of carbonyl (C=O) groups excluding carboxylic acids is 1. The van der Waals surface area contributed by atoms with Crippen molar-refractivity contribution < 1.29 is 19.4 Å². The van der Waals surface area contributed by atoms with Crippen LogP contribution in [0.4, 0.5) is 0 Å². The van der Waals surface area contributed by atoms with Gasteiger partial charge >= 0.3 is 5.97 Å². The fourth-order valence-corrected chi connectivity index (χ4v) is 2.95. The van der Waals surface area contributed by atoms with Crippen molar-refractivity contribution in [2.45, 2.75) is 12.5 Å². The summed E-state index contributed by atoms with van der Waals surface area (Å²) in [6.45, 7) is 0. The molecule has 3 rings (SSSR count). The van der Waals surface area contributed by atoms with Crippen molar-refractivity contribution in [2.24, 2.45) is 0 Å². The molecule has 3 aromatic rings. The van der Waals surface area contributed by atoms with Gasteiger partial charge in [-0.05, 0) is 28.5 Å². The van der Waals surface area contributed by atoms with Crippen molar-refractivity contribution >= 4 is 22.6 Å². The molecule has 26 heavy (non-hydrogen) atoms. The first-order chi connectivity index (χ1) is 12.6. The largest absolute Gasteiger partial charge is 0.496 e. The third-order valence-electron chi connectivity index (χ3n) is 4.25. The zero-order chi connectivity index (χ0) is 18.5. The number of para-hydroxylation sites is 1. The Bertz CT molecular complexity index is 946. The number of carboxylic acids is 1. The van der Waals surface area contributed by atoms with E-state index in [1.807, 2.05) is 42.5 Å². The Hall–Kier alpha value is -3.34. The zero-order valence-electron chi connectivity index (χ0n) is 14.3. The highest BCUT2D eigenvalue weighted by Crippen LogP contribution is 2.21. The van der Waals surface area contributed by atoms with Gasteiger partial charge in [-0.15, -0.1) is 0 Å². The first-order valence-electron chi connectivity index (χ1n) is 8.23. The average molecular weight is 349 g/mol. The number of hydrogen-bond acceptors (Lipinski definition) is 3. The van der Waals surface area contributed by atoms with Crippen LogP contribution in [0.5, 0.6) is 5.75 Å². The van der Waals surface area contributed by atoms with Crippen LogP contribution in [-0.2, 0) is 11.2 Å². The lowest BCUT2D eigenvalue weighted by molar-refractivity contribution is -0.139. The van der Waals surface area contributed by atoms with Gasteiger partial charge in [0.05, 0.1) is 7.11 Å². The fraction of sp³-hybridized carbons (Fsp3) is 0.143. The second-order valence-corrected chi connectivity index (χ2v) is 5.91. The van der Waals surface area contributed by atoms with Crippen LogP contribution >= 0.6 is 0 Å². The Morgan fingerprint density at radius 1 is 1.00 bits per heavy atom. The summed E-state index contributed by atoms with van der Waals surface area (Å²) in [5.74, 6) is -0.910. The van der Waals surface area contributed by atoms with Gasteiger partial charge in [0.25, 0.3) is 5.91 Å². The summed E-state index contributed by atoms with van der Waals surface area (Å²) in [6.07, 6.45) is 0.135. The van der Waals surface area contributed by atoms with Crippen LogP contribution in [-0.4, -0.2) is 30.1 Å². The lowest BCUT2D eigenvalue weighted by atomic mass is 10.0. The lowest BCUT2D eigenvalue weighted by Crippen LogP contribution is -2.42. The van der Waals surface area contributed by atoms with Gasteiger partial charge in [-0.2, -0.15) is 0 Å². The first-order valence-corrected chi connectivity index (χ1v) is 8.23. The van der Waals surface area contributed by atoms with Crippen molar-refractivity contribution in [3.05, 3.63) is 77.9 Å². The van der Waals surface area contributed by atoms with Gasteiger partial charge in [0.15, 0.2) is 0 Å². The molecule has 1 atom stereocenters. The molecule has 0 fully saturated rings. The van der Waals surface area contributed by atoms with E-state index in [0.717, 1.165) is 16.3 Å². The molecule has 5 nitrogen and oxygen atoms in total. The number of carbonyl (C=O) groups is 2. The SMILES string of the molecule is COc1ccccc1C[C@H](NC(=O)c1cccc2ccccc12)C(=O)O. The summed E-state index contributed by atoms with van der Waals surface area (Å²) >= 11 is 0. The van der Waals surface area contributed by atoms with E-state index in [-0.39, 0.29) is 6.42 Å². The second kappa shape index (κ2) is 7.70. The van der Waals surface area contributed by atoms with Crippen LogP contribution in [0, 0.1) is 0 Å². The Labute approximate surface area is 151 Å². The smallest absolute Gasteiger partial charge is 0.326 e. The van der Waals surface area contributed by atoms with E-state index < -0.39 is 17.9 Å². The summed E-state index contributed by atoms with van der Waals surface area (Å²) < 4.78 is 5.27. The monoisotopic (exact) mass is 349 g/mol. The summed E-state index contributed by atoms with van der Waals surface area (Å²) in [6, 6.07) is 19.0. The number of ether oxygens (including phenoxy) is 1. The fourth-order valence-electron chi connectivity index (χ4n) is 2.95. The number of rotatable bonds is 6. The van der Waals surface area contributed by atoms with Gasteiger partial charge in [0.2, 0.25) is 0 Å². The van der Waals surface area contributed by atoms with Crippen LogP contribution in [0.25, 0.3) is 10.8 Å². The number of benzene rings is 3. The molecule has 132 valence electrons. The molecular formula is C21H19NO4. The van der Waals surface area contributed by atoms with Crippen LogP contribution in [0.2, 0.25) is 0 Å². The molecule has 3 aromatic carbocycles. The number of amides is 1. The highest BCUT2D eigenvalue weighted by molar-refractivity contribution is 6.07. The van der Waals surface area contributed by atoms with Crippen molar-refractivity contribution in [1.29, 1.82) is 0 Å². The molecule has 5 heteroatoms. The maximum atomic E-state index is 12.7. The summed E-state index contributed by atoms with van der Waals surface area (Å²) in [5.41, 5.74) is 1.18. The molecule has 0 heterocycles.